The first-order valence-corrected chi connectivity index (χ1v) is 4.50. The summed E-state index contributed by atoms with van der Waals surface area (Å²) in [4.78, 5) is 10.9. The Labute approximate surface area is 86.4 Å². The number of amides is 1. The minimum atomic E-state index is -0.888. The van der Waals surface area contributed by atoms with Crippen LogP contribution in [0.4, 0.5) is 4.79 Å². The van der Waals surface area contributed by atoms with Gasteiger partial charge in [0.15, 0.2) is 11.9 Å². The second-order valence-corrected chi connectivity index (χ2v) is 3.26. The summed E-state index contributed by atoms with van der Waals surface area (Å²) in [7, 11) is 0. The monoisotopic (exact) mass is 206 g/mol. The molecular weight excluding hydrogens is 196 g/mol. The maximum Gasteiger partial charge on any atom is 0.440 e. The van der Waals surface area contributed by atoms with Crippen LogP contribution < -0.4 is 0 Å². The van der Waals surface area contributed by atoms with E-state index in [4.69, 9.17) is 15.4 Å². The fourth-order valence-corrected chi connectivity index (χ4v) is 1.43. The Balaban J connectivity index is 2.09. The molecule has 0 bridgehead atoms. The van der Waals surface area contributed by atoms with Crippen molar-refractivity contribution in [1.29, 1.82) is 5.41 Å². The Bertz CT molecular complexity index is 391. The normalized spacial score (nSPS) is 20.6. The molecular formula is C10H10N2O3. The molecule has 0 aromatic heterocycles. The van der Waals surface area contributed by atoms with Crippen molar-refractivity contribution >= 4 is 11.9 Å². The summed E-state index contributed by atoms with van der Waals surface area (Å²) in [6.07, 6.45) is -1.17. The van der Waals surface area contributed by atoms with Crippen molar-refractivity contribution in [2.24, 2.45) is 0 Å². The molecule has 1 atom stereocenters. The van der Waals surface area contributed by atoms with Crippen LogP contribution in [0.15, 0.2) is 30.3 Å². The molecule has 0 spiro atoms. The largest absolute Gasteiger partial charge is 0.440 e. The lowest BCUT2D eigenvalue weighted by atomic mass is 10.1. The highest BCUT2D eigenvalue weighted by molar-refractivity contribution is 6.00. The number of hydrogen-bond donors (Lipinski definition) is 2. The molecule has 5 nitrogen and oxygen atoms in total. The number of nitrogens with one attached hydrogen (secondary N) is 1. The van der Waals surface area contributed by atoms with Gasteiger partial charge in [0.2, 0.25) is 0 Å². The third-order valence-corrected chi connectivity index (χ3v) is 2.21. The summed E-state index contributed by atoms with van der Waals surface area (Å²) in [5, 5.41) is 16.7. The Hall–Kier alpha value is -1.88. The van der Waals surface area contributed by atoms with Gasteiger partial charge in [0.05, 0.1) is 0 Å². The topological polar surface area (TPSA) is 73.6 Å². The highest BCUT2D eigenvalue weighted by atomic mass is 16.7. The van der Waals surface area contributed by atoms with Gasteiger partial charge in [0.25, 0.3) is 0 Å². The first-order valence-electron chi connectivity index (χ1n) is 4.50. The van der Waals surface area contributed by atoms with Crippen LogP contribution in [-0.2, 0) is 11.2 Å². The third kappa shape index (κ3) is 1.82. The van der Waals surface area contributed by atoms with Crippen LogP contribution in [0.3, 0.4) is 0 Å². The molecule has 1 aromatic carbocycles. The van der Waals surface area contributed by atoms with E-state index in [9.17, 15) is 4.79 Å². The van der Waals surface area contributed by atoms with Crippen LogP contribution in [0.2, 0.25) is 0 Å². The summed E-state index contributed by atoms with van der Waals surface area (Å²) in [6, 6.07) is 9.37. The first-order chi connectivity index (χ1) is 7.18. The van der Waals surface area contributed by atoms with E-state index in [0.717, 1.165) is 5.56 Å². The Kier molecular flexibility index (Phi) is 2.39. The van der Waals surface area contributed by atoms with Gasteiger partial charge < -0.3 is 4.74 Å². The summed E-state index contributed by atoms with van der Waals surface area (Å²) >= 11 is 0. The van der Waals surface area contributed by atoms with Gasteiger partial charge in [-0.15, -0.1) is 5.06 Å². The molecule has 15 heavy (non-hydrogen) atoms. The number of rotatable bonds is 2. The van der Waals surface area contributed by atoms with Crippen LogP contribution in [0.25, 0.3) is 0 Å². The van der Waals surface area contributed by atoms with Gasteiger partial charge in [0.1, 0.15) is 0 Å². The molecule has 0 radical (unpaired) electrons. The molecule has 2 N–H and O–H groups in total. The average Bonchev–Trinajstić information content (AvgIpc) is 2.48. The molecule has 0 saturated carbocycles. The lowest BCUT2D eigenvalue weighted by molar-refractivity contribution is 0.0115. The lowest BCUT2D eigenvalue weighted by Gasteiger charge is -2.07. The van der Waals surface area contributed by atoms with Crippen molar-refractivity contribution in [1.82, 2.24) is 5.06 Å². The van der Waals surface area contributed by atoms with Gasteiger partial charge in [0, 0.05) is 6.42 Å². The summed E-state index contributed by atoms with van der Waals surface area (Å²) in [5.74, 6) is -0.219. The van der Waals surface area contributed by atoms with Gasteiger partial charge in [-0.25, -0.2) is 4.79 Å². The highest BCUT2D eigenvalue weighted by Crippen LogP contribution is 2.15. The highest BCUT2D eigenvalue weighted by Gasteiger charge is 2.36. The van der Waals surface area contributed by atoms with E-state index in [-0.39, 0.29) is 10.9 Å². The van der Waals surface area contributed by atoms with Gasteiger partial charge >= 0.3 is 6.09 Å². The smallest absolute Gasteiger partial charge is 0.436 e. The zero-order valence-corrected chi connectivity index (χ0v) is 7.88. The van der Waals surface area contributed by atoms with Gasteiger partial charge in [-0.3, -0.25) is 10.6 Å². The molecule has 78 valence electrons. The molecule has 1 unspecified atom stereocenters. The quantitative estimate of drug-likeness (QED) is 0.718. The molecule has 5 heteroatoms. The minimum absolute atomic E-state index is 0.219. The molecule has 1 saturated heterocycles. The maximum atomic E-state index is 10.9. The number of benzene rings is 1. The van der Waals surface area contributed by atoms with Crippen LogP contribution >= 0.6 is 0 Å². The molecule has 1 aliphatic heterocycles. The van der Waals surface area contributed by atoms with E-state index in [1.54, 1.807) is 0 Å². The Morgan fingerprint density at radius 3 is 2.60 bits per heavy atom. The number of nitrogens with zero attached hydrogens (tertiary/aromatic N) is 1. The Morgan fingerprint density at radius 1 is 1.40 bits per heavy atom. The fraction of sp³-hybridized carbons (Fsp3) is 0.200. The third-order valence-electron chi connectivity index (χ3n) is 2.21. The van der Waals surface area contributed by atoms with Crippen molar-refractivity contribution in [3.63, 3.8) is 0 Å². The van der Waals surface area contributed by atoms with Crippen molar-refractivity contribution in [3.8, 4) is 0 Å². The van der Waals surface area contributed by atoms with Gasteiger partial charge in [-0.05, 0) is 5.56 Å². The van der Waals surface area contributed by atoms with E-state index < -0.39 is 12.2 Å². The Morgan fingerprint density at radius 2 is 2.07 bits per heavy atom. The second kappa shape index (κ2) is 3.70. The second-order valence-electron chi connectivity index (χ2n) is 3.26. The molecule has 1 aliphatic rings. The van der Waals surface area contributed by atoms with E-state index in [2.05, 4.69) is 0 Å². The molecule has 1 aromatic rings. The van der Waals surface area contributed by atoms with E-state index in [1.165, 1.54) is 0 Å². The van der Waals surface area contributed by atoms with Gasteiger partial charge in [-0.2, -0.15) is 0 Å². The molecule has 1 fully saturated rings. The van der Waals surface area contributed by atoms with E-state index in [1.807, 2.05) is 30.3 Å². The first kappa shape index (κ1) is 9.67. The van der Waals surface area contributed by atoms with Crippen LogP contribution in [-0.4, -0.2) is 28.3 Å². The van der Waals surface area contributed by atoms with Crippen LogP contribution in [0.5, 0.6) is 0 Å². The van der Waals surface area contributed by atoms with Crippen molar-refractivity contribution < 1.29 is 14.7 Å². The van der Waals surface area contributed by atoms with Crippen LogP contribution in [0.1, 0.15) is 5.56 Å². The minimum Gasteiger partial charge on any atom is -0.436 e. The molecule has 1 heterocycles. The van der Waals surface area contributed by atoms with Crippen LogP contribution in [0, 0.1) is 5.41 Å². The summed E-state index contributed by atoms with van der Waals surface area (Å²) in [5.41, 5.74) is 0.954. The lowest BCUT2D eigenvalue weighted by Crippen LogP contribution is -2.28. The maximum absolute atomic E-state index is 10.9. The number of hydroxylamine groups is 2. The molecule has 0 aliphatic carbocycles. The zero-order valence-electron chi connectivity index (χ0n) is 7.88. The average molecular weight is 206 g/mol. The van der Waals surface area contributed by atoms with Gasteiger partial charge in [-0.1, -0.05) is 30.3 Å². The van der Waals surface area contributed by atoms with Crippen molar-refractivity contribution in [2.45, 2.75) is 12.5 Å². The van der Waals surface area contributed by atoms with E-state index >= 15 is 0 Å². The number of ether oxygens (including phenoxy) is 1. The number of amidine groups is 1. The molecule has 1 amide bonds. The molecule has 2 rings (SSSR count). The predicted molar refractivity (Wildman–Crippen MR) is 51.8 cm³/mol. The van der Waals surface area contributed by atoms with Crippen molar-refractivity contribution in [3.05, 3.63) is 35.9 Å². The number of carbonyl (C=O) groups excluding carboxylic acids is 1. The summed E-state index contributed by atoms with van der Waals surface area (Å²) < 4.78 is 4.80. The predicted octanol–water partition coefficient (Wildman–Crippen LogP) is 1.42. The van der Waals surface area contributed by atoms with Crippen molar-refractivity contribution in [2.75, 3.05) is 0 Å². The number of cyclic esters (lactones) is 1. The standard InChI is InChI=1S/C10H10N2O3/c11-9-8(15-10(13)12(9)14)6-7-4-2-1-3-5-7/h1-5,8,11,14H,6H2. The SMILES string of the molecule is N=C1C(Cc2ccccc2)OC(=O)N1O. The number of hydrogen-bond acceptors (Lipinski definition) is 4. The van der Waals surface area contributed by atoms with E-state index in [0.29, 0.717) is 6.42 Å². The zero-order chi connectivity index (χ0) is 10.8. The number of carbonyl (C=O) groups is 1. The summed E-state index contributed by atoms with van der Waals surface area (Å²) in [6.45, 7) is 0. The fourth-order valence-electron chi connectivity index (χ4n) is 1.43.